The largest absolute Gasteiger partial charge is 0.490 e. The maximum absolute atomic E-state index is 16.0. The van der Waals surface area contributed by atoms with Crippen molar-refractivity contribution in [3.05, 3.63) is 89.6 Å². The Morgan fingerprint density at radius 2 is 1.50 bits per heavy atom. The van der Waals surface area contributed by atoms with Crippen LogP contribution >= 0.6 is 0 Å². The van der Waals surface area contributed by atoms with Gasteiger partial charge in [-0.25, -0.2) is 9.59 Å². The van der Waals surface area contributed by atoms with E-state index in [9.17, 15) is 23.1 Å². The second-order valence-electron chi connectivity index (χ2n) is 10.5. The fourth-order valence-electron chi connectivity index (χ4n) is 4.39. The third-order valence-electron chi connectivity index (χ3n) is 6.34. The van der Waals surface area contributed by atoms with Crippen LogP contribution in [-0.4, -0.2) is 56.2 Å². The van der Waals surface area contributed by atoms with Gasteiger partial charge in [0, 0.05) is 29.4 Å². The number of nitrogens with zero attached hydrogens (tertiary/aromatic N) is 3. The molecule has 254 valence electrons. The third-order valence-corrected chi connectivity index (χ3v) is 6.34. The first-order chi connectivity index (χ1) is 22.4. The minimum atomic E-state index is -5.08. The zero-order valence-corrected chi connectivity index (χ0v) is 25.8. The van der Waals surface area contributed by atoms with Crippen LogP contribution in [-0.2, 0) is 4.79 Å². The van der Waals surface area contributed by atoms with Gasteiger partial charge < -0.3 is 30.3 Å². The van der Waals surface area contributed by atoms with Gasteiger partial charge in [0.15, 0.2) is 0 Å². The lowest BCUT2D eigenvalue weighted by atomic mass is 10.1. The first kappa shape index (κ1) is 36.7. The number of rotatable bonds is 10. The SMILES string of the molecule is CC(C)N(c1c(F)c(Oc2cccc(C(=N)N)c2)nc(Oc2ccc(-c3ccccn3)cc2C(=O)O)c1F)C(C)C.O=C(O)C(F)(F)F. The molecule has 2 aromatic carbocycles. The van der Waals surface area contributed by atoms with Gasteiger partial charge >= 0.3 is 18.1 Å². The van der Waals surface area contributed by atoms with Crippen LogP contribution in [0.2, 0.25) is 0 Å². The van der Waals surface area contributed by atoms with Crippen LogP contribution in [0.15, 0.2) is 66.9 Å². The van der Waals surface area contributed by atoms with Crippen molar-refractivity contribution in [2.45, 2.75) is 46.0 Å². The number of carboxylic acid groups (broad SMARTS) is 2. The Morgan fingerprint density at radius 1 is 0.896 bits per heavy atom. The third kappa shape index (κ3) is 8.92. The van der Waals surface area contributed by atoms with Crippen LogP contribution in [0, 0.1) is 17.0 Å². The zero-order chi connectivity index (χ0) is 35.9. The molecular formula is C32H30F5N5O6. The first-order valence-corrected chi connectivity index (χ1v) is 14.0. The molecule has 0 saturated heterocycles. The lowest BCUT2D eigenvalue weighted by Gasteiger charge is -2.33. The van der Waals surface area contributed by atoms with Crippen molar-refractivity contribution < 1.29 is 51.2 Å². The highest BCUT2D eigenvalue weighted by Crippen LogP contribution is 2.40. The number of alkyl halides is 3. The Labute approximate surface area is 270 Å². The Morgan fingerprint density at radius 3 is 2.00 bits per heavy atom. The van der Waals surface area contributed by atoms with Crippen LogP contribution in [0.4, 0.5) is 27.6 Å². The van der Waals surface area contributed by atoms with E-state index in [4.69, 9.17) is 30.5 Å². The highest BCUT2D eigenvalue weighted by atomic mass is 19.4. The number of anilines is 1. The van der Waals surface area contributed by atoms with Gasteiger partial charge in [0.05, 0.1) is 5.69 Å². The van der Waals surface area contributed by atoms with E-state index in [1.165, 1.54) is 29.2 Å². The zero-order valence-electron chi connectivity index (χ0n) is 25.8. The smallest absolute Gasteiger partial charge is 0.478 e. The average Bonchev–Trinajstić information content (AvgIpc) is 3.01. The van der Waals surface area contributed by atoms with E-state index in [2.05, 4.69) is 9.97 Å². The Kier molecular flexibility index (Phi) is 11.6. The van der Waals surface area contributed by atoms with Gasteiger partial charge in [-0.05, 0) is 70.2 Å². The molecule has 0 spiro atoms. The number of aromatic carboxylic acids is 1. The van der Waals surface area contributed by atoms with E-state index in [0.717, 1.165) is 0 Å². The Bertz CT molecular complexity index is 1790. The van der Waals surface area contributed by atoms with E-state index in [0.29, 0.717) is 16.8 Å². The highest BCUT2D eigenvalue weighted by molar-refractivity contribution is 5.95. The summed E-state index contributed by atoms with van der Waals surface area (Å²) in [7, 11) is 0. The predicted octanol–water partition coefficient (Wildman–Crippen LogP) is 7.25. The molecule has 2 aromatic heterocycles. The number of halogens is 5. The number of hydrogen-bond donors (Lipinski definition) is 4. The number of nitrogens with one attached hydrogen (secondary N) is 1. The molecule has 0 radical (unpaired) electrons. The van der Waals surface area contributed by atoms with E-state index < -0.39 is 47.2 Å². The van der Waals surface area contributed by atoms with Crippen molar-refractivity contribution in [3.8, 4) is 34.5 Å². The second kappa shape index (κ2) is 15.2. The molecule has 0 aliphatic carbocycles. The second-order valence-corrected chi connectivity index (χ2v) is 10.5. The summed E-state index contributed by atoms with van der Waals surface area (Å²) in [5, 5.41) is 24.7. The standard InChI is InChI=1S/C30H29F2N5O4.C2HF3O2/c1-16(2)37(17(3)4)26-24(31)28(40-20-9-7-8-19(14-20)27(33)34)36-29(25(26)32)41-23-12-11-18(15-21(23)30(38)39)22-10-5-6-13-35-22;3-2(4,5)1(6)7/h5-17H,1-4H3,(H3,33,34)(H,38,39);(H,6,7). The topological polar surface area (TPSA) is 172 Å². The van der Waals surface area contributed by atoms with E-state index in [1.54, 1.807) is 70.3 Å². The monoisotopic (exact) mass is 675 g/mol. The minimum Gasteiger partial charge on any atom is -0.478 e. The van der Waals surface area contributed by atoms with Crippen LogP contribution in [0.3, 0.4) is 0 Å². The summed E-state index contributed by atoms with van der Waals surface area (Å²) in [6.07, 6.45) is -3.51. The molecule has 0 bridgehead atoms. The minimum absolute atomic E-state index is 0.0965. The average molecular weight is 676 g/mol. The predicted molar refractivity (Wildman–Crippen MR) is 165 cm³/mol. The summed E-state index contributed by atoms with van der Waals surface area (Å²) < 4.78 is 75.1. The number of aliphatic carboxylic acids is 1. The fraction of sp³-hybridized carbons (Fsp3) is 0.219. The van der Waals surface area contributed by atoms with Crippen molar-refractivity contribution in [2.24, 2.45) is 5.73 Å². The molecule has 16 heteroatoms. The lowest BCUT2D eigenvalue weighted by Crippen LogP contribution is -2.38. The molecule has 4 aromatic rings. The summed E-state index contributed by atoms with van der Waals surface area (Å²) >= 11 is 0. The molecule has 2 heterocycles. The van der Waals surface area contributed by atoms with Crippen molar-refractivity contribution in [2.75, 3.05) is 4.90 Å². The Hall–Kier alpha value is -5.80. The summed E-state index contributed by atoms with van der Waals surface area (Å²) in [6, 6.07) is 14.9. The van der Waals surface area contributed by atoms with E-state index in [-0.39, 0.29) is 35.0 Å². The molecule has 0 atom stereocenters. The highest BCUT2D eigenvalue weighted by Gasteiger charge is 2.38. The molecule has 0 saturated carbocycles. The molecule has 11 nitrogen and oxygen atoms in total. The van der Waals surface area contributed by atoms with Crippen molar-refractivity contribution in [1.29, 1.82) is 5.41 Å². The number of nitrogens with two attached hydrogens (primary N) is 1. The van der Waals surface area contributed by atoms with Crippen LogP contribution in [0.25, 0.3) is 11.3 Å². The number of carbonyl (C=O) groups is 2. The van der Waals surface area contributed by atoms with Gasteiger partial charge in [-0.2, -0.15) is 26.9 Å². The number of aromatic nitrogens is 2. The first-order valence-electron chi connectivity index (χ1n) is 14.0. The number of amidine groups is 1. The number of carboxylic acids is 2. The van der Waals surface area contributed by atoms with E-state index >= 15 is 8.78 Å². The quantitative estimate of drug-likeness (QED) is 0.0762. The van der Waals surface area contributed by atoms with Gasteiger partial charge in [-0.15, -0.1) is 0 Å². The molecule has 5 N–H and O–H groups in total. The van der Waals surface area contributed by atoms with Crippen molar-refractivity contribution in [3.63, 3.8) is 0 Å². The number of hydrogen-bond acceptors (Lipinski definition) is 8. The molecular weight excluding hydrogens is 645 g/mol. The van der Waals surface area contributed by atoms with Crippen molar-refractivity contribution >= 4 is 23.5 Å². The number of nitrogen functional groups attached to an aromatic ring is 1. The molecule has 4 rings (SSSR count). The van der Waals surface area contributed by atoms with Crippen LogP contribution in [0.1, 0.15) is 43.6 Å². The number of benzene rings is 2. The molecule has 0 fully saturated rings. The van der Waals surface area contributed by atoms with Gasteiger partial charge in [-0.1, -0.05) is 18.2 Å². The summed E-state index contributed by atoms with van der Waals surface area (Å²) in [6.45, 7) is 7.09. The molecule has 48 heavy (non-hydrogen) atoms. The van der Waals surface area contributed by atoms with Gasteiger partial charge in [0.2, 0.25) is 11.6 Å². The van der Waals surface area contributed by atoms with Gasteiger partial charge in [-0.3, -0.25) is 10.4 Å². The summed E-state index contributed by atoms with van der Waals surface area (Å²) in [5.41, 5.74) is 6.20. The fourth-order valence-corrected chi connectivity index (χ4v) is 4.39. The van der Waals surface area contributed by atoms with Crippen molar-refractivity contribution in [1.82, 2.24) is 9.97 Å². The summed E-state index contributed by atoms with van der Waals surface area (Å²) in [5.74, 6) is -7.92. The number of ether oxygens (including phenoxy) is 2. The maximum Gasteiger partial charge on any atom is 0.490 e. The van der Waals surface area contributed by atoms with Crippen LogP contribution < -0.4 is 20.1 Å². The lowest BCUT2D eigenvalue weighted by molar-refractivity contribution is -0.192. The molecule has 0 unspecified atom stereocenters. The summed E-state index contributed by atoms with van der Waals surface area (Å²) in [4.78, 5) is 30.7. The molecule has 0 aliphatic heterocycles. The van der Waals surface area contributed by atoms with Gasteiger partial charge in [0.1, 0.15) is 28.6 Å². The van der Waals surface area contributed by atoms with Crippen LogP contribution in [0.5, 0.6) is 23.3 Å². The van der Waals surface area contributed by atoms with E-state index in [1.807, 2.05) is 0 Å². The van der Waals surface area contributed by atoms with Gasteiger partial charge in [0.25, 0.3) is 11.8 Å². The molecule has 0 aliphatic rings. The number of pyridine rings is 2. The Balaban J connectivity index is 0.000000804. The molecule has 0 amide bonds. The maximum atomic E-state index is 16.0. The normalized spacial score (nSPS) is 11.1.